The van der Waals surface area contributed by atoms with Crippen LogP contribution in [0.4, 0.5) is 22.7 Å². The number of benzene rings is 5. The van der Waals surface area contributed by atoms with Gasteiger partial charge in [0.25, 0.3) is 0 Å². The lowest BCUT2D eigenvalue weighted by molar-refractivity contribution is 0.572. The van der Waals surface area contributed by atoms with Crippen LogP contribution in [0.15, 0.2) is 170 Å². The van der Waals surface area contributed by atoms with Crippen molar-refractivity contribution < 1.29 is 0 Å². The molecule has 3 aliphatic heterocycles. The van der Waals surface area contributed by atoms with Gasteiger partial charge in [0.1, 0.15) is 0 Å². The van der Waals surface area contributed by atoms with Gasteiger partial charge in [0.05, 0.1) is 11.7 Å². The van der Waals surface area contributed by atoms with Crippen LogP contribution < -0.4 is 9.80 Å². The summed E-state index contributed by atoms with van der Waals surface area (Å²) in [6.07, 6.45) is 20.9. The van der Waals surface area contributed by atoms with Crippen molar-refractivity contribution in [3.63, 3.8) is 0 Å². The molecule has 53 heavy (non-hydrogen) atoms. The van der Waals surface area contributed by atoms with Gasteiger partial charge in [-0.1, -0.05) is 144 Å². The normalized spacial score (nSPS) is 19.9. The van der Waals surface area contributed by atoms with E-state index in [-0.39, 0.29) is 16.9 Å². The van der Waals surface area contributed by atoms with Crippen molar-refractivity contribution in [2.75, 3.05) is 9.80 Å². The lowest BCUT2D eigenvalue weighted by Gasteiger charge is -2.50. The van der Waals surface area contributed by atoms with Gasteiger partial charge in [-0.3, -0.25) is 0 Å². The van der Waals surface area contributed by atoms with E-state index in [1.807, 2.05) is 12.2 Å². The molecule has 0 amide bonds. The Balaban J connectivity index is 1.19. The highest BCUT2D eigenvalue weighted by Gasteiger charge is 2.44. The van der Waals surface area contributed by atoms with Crippen LogP contribution in [-0.2, 0) is 17.3 Å². The van der Waals surface area contributed by atoms with E-state index in [1.54, 1.807) is 0 Å². The molecule has 5 aromatic rings. The topological polar surface area (TPSA) is 6.48 Å². The molecule has 10 rings (SSSR count). The maximum Gasteiger partial charge on any atom is 0.0560 e. The maximum absolute atomic E-state index is 4.19. The quantitative estimate of drug-likeness (QED) is 0.112. The molecule has 0 N–H and O–H groups in total. The molecular weight excluding hydrogens is 641 g/mol. The molecule has 5 aliphatic rings. The largest absolute Gasteiger partial charge is 0.333 e. The van der Waals surface area contributed by atoms with E-state index in [0.29, 0.717) is 5.92 Å². The Morgan fingerprint density at radius 3 is 2.42 bits per heavy atom. The van der Waals surface area contributed by atoms with Gasteiger partial charge in [-0.2, -0.15) is 0 Å². The van der Waals surface area contributed by atoms with E-state index in [0.717, 1.165) is 36.3 Å². The Labute approximate surface area is 315 Å². The summed E-state index contributed by atoms with van der Waals surface area (Å²) in [7, 11) is 0. The van der Waals surface area contributed by atoms with Crippen LogP contribution in [0.3, 0.4) is 0 Å². The molecule has 3 heterocycles. The fourth-order valence-corrected chi connectivity index (χ4v) is 9.53. The van der Waals surface area contributed by atoms with Gasteiger partial charge in [0, 0.05) is 44.9 Å². The Morgan fingerprint density at radius 2 is 1.62 bits per heavy atom. The van der Waals surface area contributed by atoms with Crippen molar-refractivity contribution in [1.82, 2.24) is 0 Å². The molecule has 0 radical (unpaired) electrons. The second-order valence-corrected chi connectivity index (χ2v) is 16.1. The van der Waals surface area contributed by atoms with Crippen molar-refractivity contribution >= 4 is 33.5 Å². The van der Waals surface area contributed by atoms with Gasteiger partial charge in [0.2, 0.25) is 0 Å². The minimum absolute atomic E-state index is 0.0883. The number of nitrogens with zero attached hydrogens (tertiary/aromatic N) is 2. The predicted molar refractivity (Wildman–Crippen MR) is 226 cm³/mol. The molecule has 2 heteroatoms. The van der Waals surface area contributed by atoms with E-state index >= 15 is 0 Å². The molecule has 262 valence electrons. The molecular formula is C51H48N2. The standard InChI is InChI=1S/C51H48N2/c1-7-15-37(21-11-19-35-20-12-23-42-41(16-8-2)48(35)42)52(46-26-13-18-34-17-9-10-22-40(34)46)39-31-32-47-45(33-39)51(5,6)44-25-14-24-43-49(44)53(47)38-29-27-36(28-30-38)50(43,3)4/h7-15,17-18,20-29,31-33,38,41H,1-2,16,19,30H2,3-6H3/b21-11-,37-15+. The molecule has 0 spiro atoms. The third-order valence-corrected chi connectivity index (χ3v) is 12.4. The molecule has 0 aromatic heterocycles. The van der Waals surface area contributed by atoms with Gasteiger partial charge < -0.3 is 9.80 Å². The minimum atomic E-state index is -0.221. The van der Waals surface area contributed by atoms with Crippen LogP contribution >= 0.6 is 0 Å². The highest BCUT2D eigenvalue weighted by atomic mass is 15.2. The van der Waals surface area contributed by atoms with Gasteiger partial charge in [-0.05, 0) is 100 Å². The lowest BCUT2D eigenvalue weighted by Crippen LogP contribution is -2.43. The molecule has 2 aliphatic carbocycles. The zero-order valence-electron chi connectivity index (χ0n) is 31.4. The summed E-state index contributed by atoms with van der Waals surface area (Å²) in [6, 6.07) is 36.6. The average molecular weight is 689 g/mol. The zero-order chi connectivity index (χ0) is 36.5. The number of anilines is 4. The van der Waals surface area contributed by atoms with E-state index in [9.17, 15) is 0 Å². The summed E-state index contributed by atoms with van der Waals surface area (Å²) in [5.41, 5.74) is 15.7. The molecule has 2 bridgehead atoms. The molecule has 0 fully saturated rings. The summed E-state index contributed by atoms with van der Waals surface area (Å²) in [6.45, 7) is 17.8. The van der Waals surface area contributed by atoms with Crippen molar-refractivity contribution in [1.29, 1.82) is 0 Å². The molecule has 0 saturated heterocycles. The van der Waals surface area contributed by atoms with Gasteiger partial charge in [-0.25, -0.2) is 0 Å². The number of hydrogen-bond acceptors (Lipinski definition) is 2. The monoisotopic (exact) mass is 688 g/mol. The third kappa shape index (κ3) is 5.22. The second-order valence-electron chi connectivity index (χ2n) is 16.1. The first-order valence-corrected chi connectivity index (χ1v) is 19.2. The summed E-state index contributed by atoms with van der Waals surface area (Å²) >= 11 is 0. The van der Waals surface area contributed by atoms with Crippen LogP contribution in [-0.4, -0.2) is 6.04 Å². The summed E-state index contributed by atoms with van der Waals surface area (Å²) in [4.78, 5) is 5.08. The summed E-state index contributed by atoms with van der Waals surface area (Å²) in [5, 5.41) is 2.43. The van der Waals surface area contributed by atoms with E-state index in [2.05, 4.69) is 184 Å². The first-order chi connectivity index (χ1) is 25.7. The number of fused-ring (bicyclic) bond motifs is 4. The van der Waals surface area contributed by atoms with Gasteiger partial charge in [0.15, 0.2) is 0 Å². The first kappa shape index (κ1) is 33.3. The smallest absolute Gasteiger partial charge is 0.0560 e. The second kappa shape index (κ2) is 12.5. The van der Waals surface area contributed by atoms with Crippen LogP contribution in [0, 0.1) is 0 Å². The zero-order valence-corrected chi connectivity index (χ0v) is 31.4. The SMILES string of the molecule is C=C/C=C(\C=C/Cc1cccc2c1C2CC=C)N(c1ccc2c(c1)C(C)(C)c1cccc3c1N2C1C=CC(=CC1)C3(C)C)c1cccc2ccccc12. The molecule has 0 saturated carbocycles. The van der Waals surface area contributed by atoms with Crippen LogP contribution in [0.1, 0.15) is 79.8 Å². The Kier molecular flexibility index (Phi) is 7.85. The molecule has 2 unspecified atom stereocenters. The van der Waals surface area contributed by atoms with Crippen LogP contribution in [0.2, 0.25) is 0 Å². The molecule has 5 aromatic carbocycles. The van der Waals surface area contributed by atoms with E-state index in [4.69, 9.17) is 0 Å². The lowest BCUT2D eigenvalue weighted by atomic mass is 9.66. The van der Waals surface area contributed by atoms with E-state index in [1.165, 1.54) is 61.1 Å². The number of rotatable bonds is 9. The highest BCUT2D eigenvalue weighted by Crippen LogP contribution is 2.57. The summed E-state index contributed by atoms with van der Waals surface area (Å²) in [5.74, 6) is 0.531. The summed E-state index contributed by atoms with van der Waals surface area (Å²) < 4.78 is 0. The van der Waals surface area contributed by atoms with Crippen LogP contribution in [0.25, 0.3) is 10.8 Å². The van der Waals surface area contributed by atoms with Gasteiger partial charge in [-0.15, -0.1) is 6.58 Å². The fourth-order valence-electron chi connectivity index (χ4n) is 9.53. The number of para-hydroxylation sites is 1. The average Bonchev–Trinajstić information content (AvgIpc) is 3.88. The predicted octanol–water partition coefficient (Wildman–Crippen LogP) is 13.2. The number of hydrogen-bond donors (Lipinski definition) is 0. The Bertz CT molecular complexity index is 2440. The van der Waals surface area contributed by atoms with Crippen molar-refractivity contribution in [2.45, 2.75) is 69.7 Å². The number of allylic oxidation sites excluding steroid dienone is 7. The molecule has 2 atom stereocenters. The van der Waals surface area contributed by atoms with E-state index < -0.39 is 0 Å². The van der Waals surface area contributed by atoms with Gasteiger partial charge >= 0.3 is 0 Å². The Morgan fingerprint density at radius 1 is 0.849 bits per heavy atom. The van der Waals surface area contributed by atoms with Crippen LogP contribution in [0.5, 0.6) is 0 Å². The minimum Gasteiger partial charge on any atom is -0.333 e. The van der Waals surface area contributed by atoms with Crippen molar-refractivity contribution in [2.24, 2.45) is 0 Å². The first-order valence-electron chi connectivity index (χ1n) is 19.2. The fraction of sp³-hybridized carbons (Fsp3) is 0.216. The maximum atomic E-state index is 4.19. The third-order valence-electron chi connectivity index (χ3n) is 12.4. The molecule has 2 nitrogen and oxygen atoms in total. The highest BCUT2D eigenvalue weighted by molar-refractivity contribution is 5.98. The van der Waals surface area contributed by atoms with Crippen molar-refractivity contribution in [3.05, 3.63) is 203 Å². The van der Waals surface area contributed by atoms with Crippen molar-refractivity contribution in [3.8, 4) is 0 Å². The Hall–Kier alpha value is -5.60.